The quantitative estimate of drug-likeness (QED) is 0.494. The third kappa shape index (κ3) is 6.02. The number of amides is 1. The van der Waals surface area contributed by atoms with E-state index in [0.717, 1.165) is 18.3 Å². The largest absolute Gasteiger partial charge is 0.471 e. The summed E-state index contributed by atoms with van der Waals surface area (Å²) in [5, 5.41) is 4.79. The zero-order valence-electron chi connectivity index (χ0n) is 16.4. The lowest BCUT2D eigenvalue weighted by atomic mass is 9.99. The van der Waals surface area contributed by atoms with Gasteiger partial charge in [-0.15, -0.1) is 0 Å². The summed E-state index contributed by atoms with van der Waals surface area (Å²) in [7, 11) is 0. The lowest BCUT2D eigenvalue weighted by molar-refractivity contribution is -0.174. The van der Waals surface area contributed by atoms with Crippen LogP contribution in [0, 0.1) is 0 Å². The Morgan fingerprint density at radius 1 is 0.971 bits per heavy atom. The molecule has 1 atom stereocenters. The van der Waals surface area contributed by atoms with Crippen molar-refractivity contribution < 1.29 is 48.8 Å². The topological polar surface area (TPSA) is 80.9 Å². The summed E-state index contributed by atoms with van der Waals surface area (Å²) < 4.78 is 119. The molecule has 1 aromatic carbocycles. The molecule has 1 unspecified atom stereocenters. The molecule has 0 bridgehead atoms. The molecule has 0 radical (unpaired) electrons. The Morgan fingerprint density at radius 3 is 2.21 bits per heavy atom. The molecule has 2 heterocycles. The molecular weight excluding hydrogens is 487 g/mol. The third-order valence-corrected chi connectivity index (χ3v) is 4.34. The Morgan fingerprint density at radius 2 is 1.68 bits per heavy atom. The Balaban J connectivity index is 1.88. The van der Waals surface area contributed by atoms with E-state index in [4.69, 9.17) is 0 Å². The summed E-state index contributed by atoms with van der Waals surface area (Å²) in [5.74, 6) is -4.45. The number of alkyl halides is 9. The standard InChI is InChI=1S/C19H11F9N4O2/c20-17(21,22)11-3-1-2-9(6-11)13(30-15(33)18(23,24)25)7-12-5-4-10(8-29-12)14-31-16(34-32-14)19(26,27)28/h1-6,8,13H,7H2,(H,30,33). The Hall–Kier alpha value is -3.65. The highest BCUT2D eigenvalue weighted by Gasteiger charge is 2.40. The summed E-state index contributed by atoms with van der Waals surface area (Å²) in [6, 6.07) is 4.17. The van der Waals surface area contributed by atoms with Gasteiger partial charge in [0.25, 0.3) is 0 Å². The number of aromatic nitrogens is 3. The monoisotopic (exact) mass is 498 g/mol. The number of nitrogens with zero attached hydrogens (tertiary/aromatic N) is 3. The second-order valence-electron chi connectivity index (χ2n) is 6.81. The molecule has 0 fully saturated rings. The van der Waals surface area contributed by atoms with Crippen molar-refractivity contribution in [1.29, 1.82) is 0 Å². The molecule has 2 aromatic heterocycles. The Labute approximate surface area is 183 Å². The first-order chi connectivity index (χ1) is 15.6. The van der Waals surface area contributed by atoms with Gasteiger partial charge < -0.3 is 9.84 Å². The molecule has 0 aliphatic heterocycles. The molecule has 0 spiro atoms. The summed E-state index contributed by atoms with van der Waals surface area (Å²) in [6.45, 7) is 0. The molecule has 15 heteroatoms. The SMILES string of the molecule is O=C(NC(Cc1ccc(-c2noc(C(F)(F)F)n2)cn1)c1cccc(C(F)(F)F)c1)C(F)(F)F. The van der Waals surface area contributed by atoms with Crippen molar-refractivity contribution in [2.45, 2.75) is 31.0 Å². The Bertz CT molecular complexity index is 1150. The molecule has 0 aliphatic rings. The summed E-state index contributed by atoms with van der Waals surface area (Å²) >= 11 is 0. The number of hydrogen-bond donors (Lipinski definition) is 1. The predicted octanol–water partition coefficient (Wildman–Crippen LogP) is 5.13. The smallest absolute Gasteiger partial charge is 0.341 e. The van der Waals surface area contributed by atoms with E-state index in [2.05, 4.69) is 19.6 Å². The number of hydrogen-bond acceptors (Lipinski definition) is 5. The molecule has 1 amide bonds. The van der Waals surface area contributed by atoms with Crippen LogP contribution < -0.4 is 5.32 Å². The van der Waals surface area contributed by atoms with E-state index in [0.29, 0.717) is 12.1 Å². The van der Waals surface area contributed by atoms with Crippen LogP contribution in [0.25, 0.3) is 11.4 Å². The molecule has 182 valence electrons. The highest BCUT2D eigenvalue weighted by Crippen LogP contribution is 2.32. The van der Waals surface area contributed by atoms with Crippen molar-refractivity contribution >= 4 is 5.91 Å². The van der Waals surface area contributed by atoms with Gasteiger partial charge in [-0.05, 0) is 29.8 Å². The second-order valence-corrected chi connectivity index (χ2v) is 6.81. The summed E-state index contributed by atoms with van der Waals surface area (Å²) in [4.78, 5) is 18.5. The molecule has 0 saturated carbocycles. The Kier molecular flexibility index (Phi) is 6.57. The lowest BCUT2D eigenvalue weighted by Gasteiger charge is -2.21. The van der Waals surface area contributed by atoms with Crippen LogP contribution in [0.5, 0.6) is 0 Å². The minimum Gasteiger partial charge on any atom is -0.341 e. The van der Waals surface area contributed by atoms with Crippen LogP contribution in [0.2, 0.25) is 0 Å². The van der Waals surface area contributed by atoms with E-state index in [9.17, 15) is 44.3 Å². The molecule has 1 N–H and O–H groups in total. The van der Waals surface area contributed by atoms with Crippen molar-refractivity contribution in [3.8, 4) is 11.4 Å². The van der Waals surface area contributed by atoms with E-state index in [1.54, 1.807) is 5.32 Å². The van der Waals surface area contributed by atoms with Crippen LogP contribution in [0.1, 0.15) is 28.8 Å². The zero-order chi connectivity index (χ0) is 25.3. The van der Waals surface area contributed by atoms with E-state index in [-0.39, 0.29) is 16.8 Å². The van der Waals surface area contributed by atoms with Crippen molar-refractivity contribution in [2.75, 3.05) is 0 Å². The number of halogens is 9. The van der Waals surface area contributed by atoms with E-state index >= 15 is 0 Å². The van der Waals surface area contributed by atoms with Crippen LogP contribution in [0.15, 0.2) is 47.1 Å². The lowest BCUT2D eigenvalue weighted by Crippen LogP contribution is -2.40. The molecule has 0 aliphatic carbocycles. The fourth-order valence-corrected chi connectivity index (χ4v) is 2.77. The number of benzene rings is 1. The van der Waals surface area contributed by atoms with Gasteiger partial charge in [0, 0.05) is 23.9 Å². The van der Waals surface area contributed by atoms with Crippen molar-refractivity contribution in [2.24, 2.45) is 0 Å². The summed E-state index contributed by atoms with van der Waals surface area (Å²) in [5.41, 5.74) is -1.44. The predicted molar refractivity (Wildman–Crippen MR) is 94.6 cm³/mol. The minimum atomic E-state index is -5.30. The first-order valence-corrected chi connectivity index (χ1v) is 9.05. The van der Waals surface area contributed by atoms with E-state index in [1.807, 2.05) is 0 Å². The average Bonchev–Trinajstić information content (AvgIpc) is 3.23. The van der Waals surface area contributed by atoms with E-state index < -0.39 is 54.2 Å². The van der Waals surface area contributed by atoms with Gasteiger partial charge in [-0.25, -0.2) is 0 Å². The van der Waals surface area contributed by atoms with Gasteiger partial charge in [-0.2, -0.15) is 44.5 Å². The number of rotatable bonds is 5. The maximum atomic E-state index is 13.0. The highest BCUT2D eigenvalue weighted by molar-refractivity contribution is 5.82. The number of pyridine rings is 1. The van der Waals surface area contributed by atoms with Gasteiger partial charge in [0.2, 0.25) is 5.82 Å². The van der Waals surface area contributed by atoms with Crippen LogP contribution in [-0.2, 0) is 23.6 Å². The van der Waals surface area contributed by atoms with Crippen LogP contribution in [-0.4, -0.2) is 27.2 Å². The van der Waals surface area contributed by atoms with Gasteiger partial charge in [0.05, 0.1) is 11.6 Å². The molecule has 6 nitrogen and oxygen atoms in total. The second kappa shape index (κ2) is 8.95. The van der Waals surface area contributed by atoms with Gasteiger partial charge in [0.15, 0.2) is 0 Å². The maximum absolute atomic E-state index is 13.0. The van der Waals surface area contributed by atoms with Crippen molar-refractivity contribution in [1.82, 2.24) is 20.4 Å². The van der Waals surface area contributed by atoms with Gasteiger partial charge in [-0.3, -0.25) is 9.78 Å². The number of carbonyl (C=O) groups is 1. The first-order valence-electron chi connectivity index (χ1n) is 9.05. The van der Waals surface area contributed by atoms with Gasteiger partial charge >= 0.3 is 30.3 Å². The third-order valence-electron chi connectivity index (χ3n) is 4.34. The fraction of sp³-hybridized carbons (Fsp3) is 0.263. The maximum Gasteiger partial charge on any atom is 0.471 e. The fourth-order valence-electron chi connectivity index (χ4n) is 2.77. The van der Waals surface area contributed by atoms with E-state index in [1.165, 1.54) is 12.1 Å². The molecule has 34 heavy (non-hydrogen) atoms. The van der Waals surface area contributed by atoms with Gasteiger partial charge in [0.1, 0.15) is 0 Å². The molecule has 3 aromatic rings. The summed E-state index contributed by atoms with van der Waals surface area (Å²) in [6.07, 6.45) is -14.4. The molecule has 0 saturated heterocycles. The number of carbonyl (C=O) groups excluding carboxylic acids is 1. The molecular formula is C19H11F9N4O2. The molecule has 3 rings (SSSR count). The minimum absolute atomic E-state index is 0.00757. The zero-order valence-corrected chi connectivity index (χ0v) is 16.4. The van der Waals surface area contributed by atoms with Crippen LogP contribution in [0.3, 0.4) is 0 Å². The average molecular weight is 498 g/mol. The highest BCUT2D eigenvalue weighted by atomic mass is 19.4. The van der Waals surface area contributed by atoms with Crippen LogP contribution in [0.4, 0.5) is 39.5 Å². The van der Waals surface area contributed by atoms with Crippen molar-refractivity contribution in [3.05, 3.63) is 65.3 Å². The number of nitrogens with one attached hydrogen (secondary N) is 1. The normalized spacial score (nSPS) is 13.6. The van der Waals surface area contributed by atoms with Crippen LogP contribution >= 0.6 is 0 Å². The van der Waals surface area contributed by atoms with Crippen molar-refractivity contribution in [3.63, 3.8) is 0 Å². The first kappa shape index (κ1) is 25.0. The van der Waals surface area contributed by atoms with Gasteiger partial charge in [-0.1, -0.05) is 17.3 Å².